The van der Waals surface area contributed by atoms with Gasteiger partial charge in [-0.3, -0.25) is 0 Å². The summed E-state index contributed by atoms with van der Waals surface area (Å²) in [6.07, 6.45) is 7.23. The summed E-state index contributed by atoms with van der Waals surface area (Å²) >= 11 is -0.974. The van der Waals surface area contributed by atoms with Crippen molar-refractivity contribution in [3.8, 4) is 11.4 Å². The lowest BCUT2D eigenvalue weighted by atomic mass is 10.1. The first-order valence-electron chi connectivity index (χ1n) is 9.58. The predicted molar refractivity (Wildman–Crippen MR) is 110 cm³/mol. The van der Waals surface area contributed by atoms with Crippen LogP contribution in [0.25, 0.3) is 22.4 Å². The average molecular weight is 398 g/mol. The highest BCUT2D eigenvalue weighted by atomic mass is 32.2. The molecule has 0 amide bonds. The third-order valence-electron chi connectivity index (χ3n) is 5.80. The molecule has 1 aliphatic carbocycles. The Morgan fingerprint density at radius 1 is 1.32 bits per heavy atom. The first-order valence-corrected chi connectivity index (χ1v) is 11.1. The summed E-state index contributed by atoms with van der Waals surface area (Å²) in [4.78, 5) is 19.6. The fourth-order valence-corrected chi connectivity index (χ4v) is 5.04. The van der Waals surface area contributed by atoms with E-state index in [1.54, 1.807) is 12.5 Å². The summed E-state index contributed by atoms with van der Waals surface area (Å²) in [5.74, 6) is 1.54. The summed E-state index contributed by atoms with van der Waals surface area (Å²) < 4.78 is 17.8. The fraction of sp³-hybridized carbons (Fsp3) is 0.450. The molecule has 0 aromatic carbocycles. The molecule has 0 spiro atoms. The Balaban J connectivity index is 1.68. The Morgan fingerprint density at radius 3 is 2.93 bits per heavy atom. The molecule has 0 radical (unpaired) electrons. The third-order valence-corrected chi connectivity index (χ3v) is 7.51. The minimum absolute atomic E-state index is 0.233. The van der Waals surface area contributed by atoms with E-state index >= 15 is 0 Å². The van der Waals surface area contributed by atoms with Crippen molar-refractivity contribution >= 4 is 28.0 Å². The van der Waals surface area contributed by atoms with Crippen molar-refractivity contribution in [1.82, 2.24) is 19.9 Å². The molecule has 146 valence electrons. The second-order valence-corrected chi connectivity index (χ2v) is 9.29. The van der Waals surface area contributed by atoms with Gasteiger partial charge in [-0.2, -0.15) is 0 Å². The van der Waals surface area contributed by atoms with Crippen molar-refractivity contribution in [2.75, 3.05) is 30.9 Å². The van der Waals surface area contributed by atoms with Gasteiger partial charge >= 0.3 is 0 Å². The summed E-state index contributed by atoms with van der Waals surface area (Å²) in [5, 5.41) is 0.989. The van der Waals surface area contributed by atoms with Crippen LogP contribution in [0.3, 0.4) is 0 Å². The molecule has 3 aromatic heterocycles. The number of fused-ring (bicyclic) bond motifs is 1. The van der Waals surface area contributed by atoms with Crippen LogP contribution in [-0.2, 0) is 20.7 Å². The Morgan fingerprint density at radius 2 is 2.18 bits per heavy atom. The molecule has 1 N–H and O–H groups in total. The Labute approximate surface area is 166 Å². The SMILES string of the molecule is C[C@@H]1COCCN1c1cc(C2([S@@+](C)[O-])CC2)nc(-c2ccnc3[nH]ccc23)n1. The molecule has 4 heterocycles. The van der Waals surface area contributed by atoms with Gasteiger partial charge < -0.3 is 19.2 Å². The van der Waals surface area contributed by atoms with Crippen LogP contribution in [0.4, 0.5) is 5.82 Å². The second-order valence-electron chi connectivity index (χ2n) is 7.60. The number of hydrogen-bond donors (Lipinski definition) is 1. The fourth-order valence-electron chi connectivity index (χ4n) is 3.96. The lowest BCUT2D eigenvalue weighted by molar-refractivity contribution is 0.0985. The largest absolute Gasteiger partial charge is 0.616 e. The lowest BCUT2D eigenvalue weighted by Gasteiger charge is -2.34. The number of aromatic amines is 1. The van der Waals surface area contributed by atoms with Crippen molar-refractivity contribution < 1.29 is 9.29 Å². The molecule has 7 nitrogen and oxygen atoms in total. The van der Waals surface area contributed by atoms with E-state index in [1.165, 1.54) is 0 Å². The first kappa shape index (κ1) is 17.9. The number of morpholine rings is 1. The van der Waals surface area contributed by atoms with Crippen molar-refractivity contribution in [3.63, 3.8) is 0 Å². The molecular formula is C20H23N5O2S. The number of anilines is 1. The molecule has 8 heteroatoms. The standard InChI is InChI=1S/C20H23N5O2S/c1-13-12-27-10-9-25(13)17-11-16(20(5-6-20)28(2)26)23-19(24-17)15-4-8-22-18-14(15)3-7-21-18/h3-4,7-8,11,13H,5-6,9-10,12H2,1-2H3,(H,21,22)/t13-,28-/m1/s1. The minimum atomic E-state index is -0.974. The van der Waals surface area contributed by atoms with Crippen molar-refractivity contribution in [2.45, 2.75) is 30.6 Å². The van der Waals surface area contributed by atoms with E-state index in [2.05, 4.69) is 21.8 Å². The smallest absolute Gasteiger partial charge is 0.167 e. The number of nitrogens with zero attached hydrogens (tertiary/aromatic N) is 4. The number of nitrogens with one attached hydrogen (secondary N) is 1. The summed E-state index contributed by atoms with van der Waals surface area (Å²) in [5.41, 5.74) is 2.63. The zero-order valence-electron chi connectivity index (χ0n) is 16.0. The van der Waals surface area contributed by atoms with Crippen LogP contribution in [0.5, 0.6) is 0 Å². The van der Waals surface area contributed by atoms with E-state index in [4.69, 9.17) is 14.7 Å². The van der Waals surface area contributed by atoms with Crippen LogP contribution in [0, 0.1) is 0 Å². The van der Waals surface area contributed by atoms with E-state index in [0.29, 0.717) is 19.0 Å². The molecule has 3 aromatic rings. The molecule has 2 fully saturated rings. The van der Waals surface area contributed by atoms with Crippen molar-refractivity contribution in [3.05, 3.63) is 36.3 Å². The number of H-pyrrole nitrogens is 1. The molecule has 28 heavy (non-hydrogen) atoms. The van der Waals surface area contributed by atoms with Gasteiger partial charge in [0.15, 0.2) is 10.6 Å². The maximum atomic E-state index is 12.5. The van der Waals surface area contributed by atoms with Gasteiger partial charge in [0.1, 0.15) is 17.2 Å². The first-order chi connectivity index (χ1) is 13.6. The van der Waals surface area contributed by atoms with Crippen LogP contribution >= 0.6 is 0 Å². The highest BCUT2D eigenvalue weighted by Gasteiger charge is 2.55. The van der Waals surface area contributed by atoms with Crippen LogP contribution in [0.1, 0.15) is 25.5 Å². The zero-order valence-corrected chi connectivity index (χ0v) is 16.8. The van der Waals surface area contributed by atoms with Crippen LogP contribution in [-0.4, -0.2) is 56.5 Å². The highest BCUT2D eigenvalue weighted by Crippen LogP contribution is 2.52. The van der Waals surface area contributed by atoms with E-state index in [1.807, 2.05) is 24.4 Å². The molecule has 1 aliphatic heterocycles. The molecule has 2 aliphatic rings. The van der Waals surface area contributed by atoms with Gasteiger partial charge in [-0.1, -0.05) is 0 Å². The van der Waals surface area contributed by atoms with E-state index in [0.717, 1.165) is 47.5 Å². The molecule has 1 saturated carbocycles. The van der Waals surface area contributed by atoms with Gasteiger partial charge in [0.05, 0.1) is 25.5 Å². The van der Waals surface area contributed by atoms with Gasteiger partial charge in [0.2, 0.25) is 0 Å². The number of hydrogen-bond acceptors (Lipinski definition) is 6. The quantitative estimate of drug-likeness (QED) is 0.681. The van der Waals surface area contributed by atoms with E-state index in [9.17, 15) is 4.55 Å². The van der Waals surface area contributed by atoms with Gasteiger partial charge in [0.25, 0.3) is 0 Å². The second kappa shape index (κ2) is 6.72. The van der Waals surface area contributed by atoms with Gasteiger partial charge in [-0.15, -0.1) is 0 Å². The number of pyridine rings is 1. The molecule has 0 unspecified atom stereocenters. The van der Waals surface area contributed by atoms with Crippen LogP contribution in [0.15, 0.2) is 30.6 Å². The summed E-state index contributed by atoms with van der Waals surface area (Å²) in [7, 11) is 0. The maximum Gasteiger partial charge on any atom is 0.167 e. The zero-order chi connectivity index (χ0) is 19.3. The van der Waals surface area contributed by atoms with Gasteiger partial charge in [-0.05, 0) is 30.2 Å². The minimum Gasteiger partial charge on any atom is -0.616 e. The topological polar surface area (TPSA) is 90.0 Å². The third kappa shape index (κ3) is 2.87. The molecule has 5 rings (SSSR count). The van der Waals surface area contributed by atoms with Crippen LogP contribution < -0.4 is 4.90 Å². The monoisotopic (exact) mass is 397 g/mol. The Hall–Kier alpha value is -2.16. The van der Waals surface area contributed by atoms with Gasteiger partial charge in [-0.25, -0.2) is 15.0 Å². The lowest BCUT2D eigenvalue weighted by Crippen LogP contribution is -2.44. The van der Waals surface area contributed by atoms with E-state index in [-0.39, 0.29) is 10.8 Å². The predicted octanol–water partition coefficient (Wildman–Crippen LogP) is 2.61. The van der Waals surface area contributed by atoms with Crippen molar-refractivity contribution in [2.24, 2.45) is 0 Å². The van der Waals surface area contributed by atoms with Crippen molar-refractivity contribution in [1.29, 1.82) is 0 Å². The molecule has 0 bridgehead atoms. The average Bonchev–Trinajstić information content (AvgIpc) is 3.39. The highest BCUT2D eigenvalue weighted by molar-refractivity contribution is 7.91. The molecule has 1 saturated heterocycles. The summed E-state index contributed by atoms with van der Waals surface area (Å²) in [6, 6.07) is 6.21. The van der Waals surface area contributed by atoms with E-state index < -0.39 is 11.2 Å². The maximum absolute atomic E-state index is 12.5. The Bertz CT molecular complexity index is 1020. The number of rotatable bonds is 4. The van der Waals surface area contributed by atoms with Gasteiger partial charge in [0, 0.05) is 48.8 Å². The molecule has 2 atom stereocenters. The molecular weight excluding hydrogens is 374 g/mol. The normalized spacial score (nSPS) is 22.4. The number of ether oxygens (including phenoxy) is 1. The number of aromatic nitrogens is 4. The Kier molecular flexibility index (Phi) is 4.30. The van der Waals surface area contributed by atoms with Crippen LogP contribution in [0.2, 0.25) is 0 Å². The summed E-state index contributed by atoms with van der Waals surface area (Å²) in [6.45, 7) is 4.29.